The third kappa shape index (κ3) is 5.24. The topological polar surface area (TPSA) is 98.5 Å². The van der Waals surface area contributed by atoms with Crippen molar-refractivity contribution in [3.05, 3.63) is 41.4 Å². The van der Waals surface area contributed by atoms with E-state index in [-0.39, 0.29) is 46.7 Å². The molecule has 0 saturated carbocycles. The Morgan fingerprint density at radius 2 is 2.03 bits per heavy atom. The zero-order valence-electron chi connectivity index (χ0n) is 15.2. The first kappa shape index (κ1) is 21.5. The third-order valence-corrected chi connectivity index (χ3v) is 4.42. The molecule has 0 spiro atoms. The van der Waals surface area contributed by atoms with E-state index in [2.05, 4.69) is 20.8 Å². The average Bonchev–Trinajstić information content (AvgIpc) is 3.35. The average molecular weight is 446 g/mol. The Bertz CT molecular complexity index is 1010. The van der Waals surface area contributed by atoms with Gasteiger partial charge in [-0.05, 0) is 18.2 Å². The summed E-state index contributed by atoms with van der Waals surface area (Å²) in [6, 6.07) is 4.55. The highest BCUT2D eigenvalue weighted by Crippen LogP contribution is 2.35. The van der Waals surface area contributed by atoms with Gasteiger partial charge < -0.3 is 19.2 Å². The van der Waals surface area contributed by atoms with Gasteiger partial charge in [0.2, 0.25) is 10.1 Å². The summed E-state index contributed by atoms with van der Waals surface area (Å²) in [7, 11) is 1.47. The maximum atomic E-state index is 14.4. The van der Waals surface area contributed by atoms with Gasteiger partial charge in [0.25, 0.3) is 0 Å². The summed E-state index contributed by atoms with van der Waals surface area (Å²) in [5, 5.41) is 9.13. The molecule has 0 unspecified atom stereocenters. The minimum Gasteiger partial charge on any atom is -0.488 e. The summed E-state index contributed by atoms with van der Waals surface area (Å²) in [5.74, 6) is -0.563. The first-order valence-corrected chi connectivity index (χ1v) is 9.07. The molecule has 0 bridgehead atoms. The largest absolute Gasteiger partial charge is 0.488 e. The SMILES string of the molecule is COCCOc1cc(-c2ccco2)c(NC(=O)Nc2nnc(C(F)(F)F)s2)cc1F. The number of furan rings is 1. The monoisotopic (exact) mass is 446 g/mol. The minimum absolute atomic E-state index is 0.000369. The third-order valence-electron chi connectivity index (χ3n) is 3.54. The van der Waals surface area contributed by atoms with Crippen molar-refractivity contribution in [1.29, 1.82) is 0 Å². The molecule has 2 heterocycles. The molecule has 0 radical (unpaired) electrons. The first-order valence-electron chi connectivity index (χ1n) is 8.26. The molecular formula is C17H14F4N4O4S. The van der Waals surface area contributed by atoms with E-state index in [4.69, 9.17) is 13.9 Å². The molecule has 0 aliphatic rings. The minimum atomic E-state index is -4.68. The summed E-state index contributed by atoms with van der Waals surface area (Å²) in [5.41, 5.74) is 0.289. The molecule has 160 valence electrons. The first-order chi connectivity index (χ1) is 14.3. The number of rotatable bonds is 7. The van der Waals surface area contributed by atoms with E-state index < -0.39 is 23.0 Å². The van der Waals surface area contributed by atoms with Crippen LogP contribution in [0.25, 0.3) is 11.3 Å². The van der Waals surface area contributed by atoms with Crippen LogP contribution >= 0.6 is 11.3 Å². The number of carbonyl (C=O) groups is 1. The molecule has 2 amide bonds. The molecular weight excluding hydrogens is 432 g/mol. The lowest BCUT2D eigenvalue weighted by molar-refractivity contribution is -0.138. The molecule has 1 aromatic carbocycles. The van der Waals surface area contributed by atoms with E-state index in [1.165, 1.54) is 19.4 Å². The Morgan fingerprint density at radius 1 is 1.23 bits per heavy atom. The van der Waals surface area contributed by atoms with Crippen LogP contribution in [-0.4, -0.2) is 36.6 Å². The highest BCUT2D eigenvalue weighted by molar-refractivity contribution is 7.15. The second-order valence-electron chi connectivity index (χ2n) is 5.64. The molecule has 3 rings (SSSR count). The van der Waals surface area contributed by atoms with Crippen molar-refractivity contribution in [2.24, 2.45) is 0 Å². The number of alkyl halides is 3. The van der Waals surface area contributed by atoms with Gasteiger partial charge in [0.05, 0.1) is 18.6 Å². The molecule has 2 aromatic heterocycles. The zero-order chi connectivity index (χ0) is 21.7. The molecule has 0 aliphatic carbocycles. The van der Waals surface area contributed by atoms with Gasteiger partial charge in [-0.2, -0.15) is 13.2 Å². The van der Waals surface area contributed by atoms with Crippen molar-refractivity contribution < 1.29 is 36.2 Å². The number of benzene rings is 1. The number of carbonyl (C=O) groups excluding carboxylic acids is 1. The second kappa shape index (κ2) is 9.09. The predicted octanol–water partition coefficient (Wildman–Crippen LogP) is 4.63. The Kier molecular flexibility index (Phi) is 6.52. The molecule has 0 saturated heterocycles. The van der Waals surface area contributed by atoms with Crippen molar-refractivity contribution in [2.45, 2.75) is 6.18 Å². The number of nitrogens with one attached hydrogen (secondary N) is 2. The van der Waals surface area contributed by atoms with Crippen LogP contribution in [-0.2, 0) is 10.9 Å². The standard InChI is InChI=1S/C17H14F4N4O4S/c1-27-5-6-29-13-7-9(12-3-2-4-28-12)11(8-10(13)18)22-15(26)23-16-25-24-14(30-16)17(19,20)21/h2-4,7-8H,5-6H2,1H3,(H2,22,23,25,26). The number of urea groups is 1. The Morgan fingerprint density at radius 3 is 2.67 bits per heavy atom. The highest BCUT2D eigenvalue weighted by Gasteiger charge is 2.35. The molecule has 2 N–H and O–H groups in total. The summed E-state index contributed by atoms with van der Waals surface area (Å²) in [6.45, 7) is 0.330. The van der Waals surface area contributed by atoms with Crippen molar-refractivity contribution in [3.8, 4) is 17.1 Å². The van der Waals surface area contributed by atoms with Crippen molar-refractivity contribution in [3.63, 3.8) is 0 Å². The fourth-order valence-electron chi connectivity index (χ4n) is 2.28. The van der Waals surface area contributed by atoms with Crippen LogP contribution < -0.4 is 15.4 Å². The molecule has 0 atom stereocenters. The van der Waals surface area contributed by atoms with Crippen molar-refractivity contribution in [2.75, 3.05) is 31.0 Å². The number of methoxy groups -OCH3 is 1. The Balaban J connectivity index is 1.81. The maximum Gasteiger partial charge on any atom is 0.445 e. The fourth-order valence-corrected chi connectivity index (χ4v) is 2.88. The molecule has 13 heteroatoms. The molecule has 30 heavy (non-hydrogen) atoms. The smallest absolute Gasteiger partial charge is 0.445 e. The van der Waals surface area contributed by atoms with Gasteiger partial charge in [0.1, 0.15) is 12.4 Å². The van der Waals surface area contributed by atoms with Crippen LogP contribution in [0.15, 0.2) is 34.9 Å². The number of hydrogen-bond donors (Lipinski definition) is 2. The number of nitrogens with zero attached hydrogens (tertiary/aromatic N) is 2. The normalized spacial score (nSPS) is 11.4. The van der Waals surface area contributed by atoms with Crippen LogP contribution in [0.3, 0.4) is 0 Å². The van der Waals surface area contributed by atoms with Gasteiger partial charge >= 0.3 is 12.2 Å². The number of hydrogen-bond acceptors (Lipinski definition) is 7. The summed E-state index contributed by atoms with van der Waals surface area (Å²) < 4.78 is 67.7. The van der Waals surface area contributed by atoms with Crippen LogP contribution in [0.1, 0.15) is 5.01 Å². The quantitative estimate of drug-likeness (QED) is 0.406. The molecule has 8 nitrogen and oxygen atoms in total. The highest BCUT2D eigenvalue weighted by atomic mass is 32.1. The van der Waals surface area contributed by atoms with E-state index >= 15 is 0 Å². The van der Waals surface area contributed by atoms with E-state index in [0.29, 0.717) is 5.76 Å². The van der Waals surface area contributed by atoms with Gasteiger partial charge in [0, 0.05) is 18.7 Å². The van der Waals surface area contributed by atoms with E-state index in [9.17, 15) is 22.4 Å². The lowest BCUT2D eigenvalue weighted by Gasteiger charge is -2.13. The van der Waals surface area contributed by atoms with Crippen molar-refractivity contribution >= 4 is 28.2 Å². The predicted molar refractivity (Wildman–Crippen MR) is 99.0 cm³/mol. The lowest BCUT2D eigenvalue weighted by Crippen LogP contribution is -2.20. The summed E-state index contributed by atoms with van der Waals surface area (Å²) >= 11 is 0.154. The Labute approximate surface area is 170 Å². The number of ether oxygens (including phenoxy) is 2. The van der Waals surface area contributed by atoms with Gasteiger partial charge in [0.15, 0.2) is 11.6 Å². The maximum absolute atomic E-state index is 14.4. The van der Waals surface area contributed by atoms with Gasteiger partial charge in [-0.25, -0.2) is 9.18 Å². The van der Waals surface area contributed by atoms with Gasteiger partial charge in [-0.15, -0.1) is 10.2 Å². The second-order valence-corrected chi connectivity index (χ2v) is 6.61. The number of anilines is 2. The summed E-state index contributed by atoms with van der Waals surface area (Å²) in [6.07, 6.45) is -3.30. The molecule has 0 aliphatic heterocycles. The zero-order valence-corrected chi connectivity index (χ0v) is 16.1. The van der Waals surface area contributed by atoms with E-state index in [1.807, 2.05) is 0 Å². The van der Waals surface area contributed by atoms with E-state index in [1.54, 1.807) is 12.1 Å². The summed E-state index contributed by atoms with van der Waals surface area (Å²) in [4.78, 5) is 12.2. The molecule has 0 fully saturated rings. The van der Waals surface area contributed by atoms with E-state index in [0.717, 1.165) is 6.07 Å². The van der Waals surface area contributed by atoms with Crippen LogP contribution in [0.5, 0.6) is 5.75 Å². The molecule has 3 aromatic rings. The van der Waals surface area contributed by atoms with Crippen LogP contribution in [0.4, 0.5) is 33.2 Å². The van der Waals surface area contributed by atoms with Crippen LogP contribution in [0.2, 0.25) is 0 Å². The Hall–Kier alpha value is -3.19. The van der Waals surface area contributed by atoms with Crippen LogP contribution in [0, 0.1) is 5.82 Å². The number of amides is 2. The lowest BCUT2D eigenvalue weighted by atomic mass is 10.1. The van der Waals surface area contributed by atoms with Crippen molar-refractivity contribution in [1.82, 2.24) is 10.2 Å². The van der Waals surface area contributed by atoms with Gasteiger partial charge in [-0.3, -0.25) is 5.32 Å². The fraction of sp³-hybridized carbons (Fsp3) is 0.235. The van der Waals surface area contributed by atoms with Gasteiger partial charge in [-0.1, -0.05) is 11.3 Å². The number of halogens is 4. The number of aromatic nitrogens is 2.